The van der Waals surface area contributed by atoms with Gasteiger partial charge in [-0.25, -0.2) is 0 Å². The fraction of sp³-hybridized carbons (Fsp3) is 0.710. The standard InChI is InChI=1S/C69H98N2O21/c1-9-39-42(74)14-13-15-44(39)86-33-37-17-19-38(20-18-37)59(84)70-29-12-10-11-16-50(78)71-51-45(32-72)89-62(58(53(51)80)91-61-56(83)54(81)57(36(2)88-61)90-60-55(82)52(79)43(75)34-87-60)92-63(85)69-28-27-64(3,4)30-41(69)40-21-22-47-65(5)25-24-48(76)66(6,35-73)46(65)23-26-67(47,7)68(40,8)31-49(69)77/h9,13-15,17-21,35-36,41,43,45-49,51-58,60-62,72,74-77,79-83H,1,10-12,16,22-34H2,2-8H3,(H,70,84)(H,71,78)/t36?,41?,43-,45?,46-,47?,48+,49?,51+,52?,53?,54?,55?,56?,57+,58?,60+,61+,62+,65?,66-,67+,68-,69-/m1/s1. The summed E-state index contributed by atoms with van der Waals surface area (Å²) in [6.07, 6.45) is -12.9. The van der Waals surface area contributed by atoms with Gasteiger partial charge < -0.3 is 99.7 Å². The van der Waals surface area contributed by atoms with Crippen molar-refractivity contribution in [1.29, 1.82) is 0 Å². The van der Waals surface area contributed by atoms with E-state index in [4.69, 9.17) is 33.2 Å². The summed E-state index contributed by atoms with van der Waals surface area (Å²) in [6, 6.07) is 10.4. The highest BCUT2D eigenvalue weighted by molar-refractivity contribution is 5.94. The molecule has 510 valence electrons. The van der Waals surface area contributed by atoms with E-state index in [1.807, 2.05) is 6.92 Å². The number of carbonyl (C=O) groups is 4. The highest BCUT2D eigenvalue weighted by Crippen LogP contribution is 2.76. The Labute approximate surface area is 537 Å². The summed E-state index contributed by atoms with van der Waals surface area (Å²) in [5, 5.41) is 118. The molecule has 24 atom stereocenters. The summed E-state index contributed by atoms with van der Waals surface area (Å²) >= 11 is 0. The average Bonchev–Trinajstić information content (AvgIpc) is 0.674. The number of phenolic OH excluding ortho intramolecular Hbond substituents is 1. The number of rotatable bonds is 20. The lowest BCUT2D eigenvalue weighted by atomic mass is 9.33. The summed E-state index contributed by atoms with van der Waals surface area (Å²) < 4.78 is 42.5. The SMILES string of the molecule is C=Cc1c(O)cccc1OCc1ccc(C(=O)NCCCCCC(=O)N[C@H]2C(CO)O[C@@H](OC(=O)[C@]34CCC(C)(C)CC3C3=CCC5C6(C)CC[C@H](O)[C@](C)(C=O)[C@@H]6CC[C@]5(C)[C@]3(C)CC4O)C(O[C@@H]3OC(C)[C@H](O[C@@H]4OC[C@@H](O)C(O)C4O)C(O)C3O)C2O)cc1. The predicted molar refractivity (Wildman–Crippen MR) is 330 cm³/mol. The molecule has 3 saturated heterocycles. The Kier molecular flexibility index (Phi) is 20.7. The van der Waals surface area contributed by atoms with Gasteiger partial charge in [0.05, 0.1) is 48.5 Å². The lowest BCUT2D eigenvalue weighted by molar-refractivity contribution is -0.370. The van der Waals surface area contributed by atoms with Crippen LogP contribution in [0, 0.1) is 50.2 Å². The number of phenols is 1. The molecule has 23 heteroatoms. The number of carbonyl (C=O) groups excluding carboxylic acids is 4. The van der Waals surface area contributed by atoms with Crippen LogP contribution in [-0.4, -0.2) is 193 Å². The van der Waals surface area contributed by atoms with Gasteiger partial charge in [-0.05, 0) is 147 Å². The number of amides is 2. The van der Waals surface area contributed by atoms with Crippen molar-refractivity contribution in [2.45, 2.75) is 237 Å². The zero-order valence-electron chi connectivity index (χ0n) is 53.9. The lowest BCUT2D eigenvalue weighted by Gasteiger charge is -2.71. The molecule has 8 aliphatic rings. The third-order valence-electron chi connectivity index (χ3n) is 23.5. The molecule has 23 nitrogen and oxygen atoms in total. The Morgan fingerprint density at radius 3 is 2.18 bits per heavy atom. The third-order valence-corrected chi connectivity index (χ3v) is 23.5. The van der Waals surface area contributed by atoms with Crippen LogP contribution in [0.2, 0.25) is 0 Å². The number of hydrogen-bond donors (Lipinski definition) is 12. The molecule has 10 rings (SSSR count). The topological polar surface area (TPSA) is 359 Å². The molecule has 4 saturated carbocycles. The van der Waals surface area contributed by atoms with Gasteiger partial charge in [-0.2, -0.15) is 0 Å². The first-order valence-corrected chi connectivity index (χ1v) is 32.9. The minimum Gasteiger partial charge on any atom is -0.507 e. The summed E-state index contributed by atoms with van der Waals surface area (Å²) in [7, 11) is 0. The minimum absolute atomic E-state index is 0.0492. The van der Waals surface area contributed by atoms with Crippen molar-refractivity contribution < 1.29 is 103 Å². The molecule has 5 aliphatic carbocycles. The molecule has 7 fully saturated rings. The average molecular weight is 1290 g/mol. The second-order valence-electron chi connectivity index (χ2n) is 29.3. The van der Waals surface area contributed by atoms with Crippen molar-refractivity contribution in [1.82, 2.24) is 10.6 Å². The Morgan fingerprint density at radius 1 is 0.761 bits per heavy atom. The number of aromatic hydroxyl groups is 1. The van der Waals surface area contributed by atoms with Crippen LogP contribution < -0.4 is 15.4 Å². The van der Waals surface area contributed by atoms with Crippen molar-refractivity contribution in [3.05, 3.63) is 77.4 Å². The summed E-state index contributed by atoms with van der Waals surface area (Å²) in [4.78, 5) is 55.5. The van der Waals surface area contributed by atoms with Crippen molar-refractivity contribution in [3.63, 3.8) is 0 Å². The zero-order chi connectivity index (χ0) is 66.6. The van der Waals surface area contributed by atoms with Gasteiger partial charge in [0.1, 0.15) is 78.6 Å². The van der Waals surface area contributed by atoms with Gasteiger partial charge in [0.25, 0.3) is 5.91 Å². The second kappa shape index (κ2) is 27.3. The van der Waals surface area contributed by atoms with Gasteiger partial charge in [-0.1, -0.05) is 90.5 Å². The number of allylic oxidation sites excluding steroid dienone is 2. The van der Waals surface area contributed by atoms with E-state index in [1.54, 1.807) is 42.5 Å². The summed E-state index contributed by atoms with van der Waals surface area (Å²) in [5.74, 6) is -1.71. The fourth-order valence-corrected chi connectivity index (χ4v) is 17.7. The summed E-state index contributed by atoms with van der Waals surface area (Å²) in [5.41, 5.74) is -1.34. The largest absolute Gasteiger partial charge is 0.507 e. The number of benzene rings is 2. The molecule has 2 aromatic rings. The van der Waals surface area contributed by atoms with Gasteiger partial charge in [-0.15, -0.1) is 0 Å². The predicted octanol–water partition coefficient (Wildman–Crippen LogP) is 4.00. The number of ether oxygens (including phenoxy) is 7. The minimum atomic E-state index is -1.98. The monoisotopic (exact) mass is 1290 g/mol. The Morgan fingerprint density at radius 2 is 1.48 bits per heavy atom. The number of esters is 1. The van der Waals surface area contributed by atoms with E-state index < -0.39 is 151 Å². The Bertz CT molecular complexity index is 3020. The van der Waals surface area contributed by atoms with E-state index in [9.17, 15) is 65.4 Å². The zero-order valence-corrected chi connectivity index (χ0v) is 53.9. The van der Waals surface area contributed by atoms with Gasteiger partial charge in [0, 0.05) is 18.5 Å². The number of aliphatic hydroxyl groups excluding tert-OH is 9. The normalized spacial score (nSPS) is 42.3. The van der Waals surface area contributed by atoms with Crippen LogP contribution in [0.3, 0.4) is 0 Å². The molecule has 12 unspecified atom stereocenters. The van der Waals surface area contributed by atoms with E-state index in [-0.39, 0.29) is 60.2 Å². The van der Waals surface area contributed by atoms with Crippen LogP contribution in [0.5, 0.6) is 11.5 Å². The molecule has 2 amide bonds. The van der Waals surface area contributed by atoms with Crippen LogP contribution in [0.4, 0.5) is 0 Å². The van der Waals surface area contributed by atoms with E-state index in [0.29, 0.717) is 74.8 Å². The van der Waals surface area contributed by atoms with E-state index in [1.165, 1.54) is 13.0 Å². The molecule has 0 bridgehead atoms. The van der Waals surface area contributed by atoms with Crippen molar-refractivity contribution in [3.8, 4) is 11.5 Å². The number of fused-ring (bicyclic) bond motifs is 7. The van der Waals surface area contributed by atoms with Gasteiger partial charge in [-0.3, -0.25) is 14.4 Å². The van der Waals surface area contributed by atoms with Crippen LogP contribution in [0.1, 0.15) is 153 Å². The first-order valence-electron chi connectivity index (χ1n) is 32.9. The maximum Gasteiger partial charge on any atom is 0.317 e. The quantitative estimate of drug-likeness (QED) is 0.0386. The Balaban J connectivity index is 0.840. The van der Waals surface area contributed by atoms with Crippen LogP contribution in [0.25, 0.3) is 6.08 Å². The van der Waals surface area contributed by atoms with E-state index in [2.05, 4.69) is 57.9 Å². The van der Waals surface area contributed by atoms with Gasteiger partial charge in [0.2, 0.25) is 12.2 Å². The summed E-state index contributed by atoms with van der Waals surface area (Å²) in [6.45, 7) is 17.4. The highest BCUT2D eigenvalue weighted by atomic mass is 16.8. The van der Waals surface area contributed by atoms with Crippen molar-refractivity contribution >= 4 is 30.1 Å². The molecule has 3 aliphatic heterocycles. The maximum atomic E-state index is 15.8. The molecule has 92 heavy (non-hydrogen) atoms. The fourth-order valence-electron chi connectivity index (χ4n) is 17.7. The van der Waals surface area contributed by atoms with Crippen molar-refractivity contribution in [2.75, 3.05) is 19.8 Å². The van der Waals surface area contributed by atoms with E-state index in [0.717, 1.165) is 30.3 Å². The maximum absolute atomic E-state index is 15.8. The molecular formula is C69H98N2O21. The first kappa shape index (κ1) is 69.9. The van der Waals surface area contributed by atoms with Crippen LogP contribution in [-0.2, 0) is 49.4 Å². The van der Waals surface area contributed by atoms with Gasteiger partial charge >= 0.3 is 5.97 Å². The lowest BCUT2D eigenvalue weighted by Crippen LogP contribution is -2.69. The number of hydrogen-bond acceptors (Lipinski definition) is 21. The number of unbranched alkanes of at least 4 members (excludes halogenated alkanes) is 2. The molecule has 0 radical (unpaired) electrons. The van der Waals surface area contributed by atoms with Crippen LogP contribution in [0.15, 0.2) is 60.7 Å². The first-order chi connectivity index (χ1) is 43.5. The van der Waals surface area contributed by atoms with Crippen molar-refractivity contribution in [2.24, 2.45) is 50.2 Å². The molecule has 12 N–H and O–H groups in total. The smallest absolute Gasteiger partial charge is 0.317 e. The highest BCUT2D eigenvalue weighted by Gasteiger charge is 2.72. The third kappa shape index (κ3) is 12.6. The second-order valence-corrected chi connectivity index (χ2v) is 29.3. The molecular weight excluding hydrogens is 1190 g/mol. The number of nitrogens with one attached hydrogen (secondary N) is 2. The number of aldehydes is 1. The number of aliphatic hydroxyl groups is 9. The molecule has 3 heterocycles. The molecule has 0 aromatic heterocycles. The molecule has 0 spiro atoms. The van der Waals surface area contributed by atoms with E-state index >= 15 is 4.79 Å². The Hall–Kier alpha value is -4.96. The van der Waals surface area contributed by atoms with Crippen LogP contribution >= 0.6 is 0 Å². The van der Waals surface area contributed by atoms with Gasteiger partial charge in [0.15, 0.2) is 18.7 Å². The molecule has 2 aromatic carbocycles.